The molecular formula is C13H12ClN5O2. The Bertz CT molecular complexity index is 842. The van der Waals surface area contributed by atoms with E-state index in [2.05, 4.69) is 20.6 Å². The number of hydrogen-bond acceptors (Lipinski definition) is 5. The minimum Gasteiger partial charge on any atom is -0.496 e. The van der Waals surface area contributed by atoms with Crippen LogP contribution in [0.5, 0.6) is 5.75 Å². The molecule has 0 spiro atoms. The van der Waals surface area contributed by atoms with Gasteiger partial charge in [0.25, 0.3) is 0 Å². The van der Waals surface area contributed by atoms with E-state index in [0.29, 0.717) is 28.8 Å². The van der Waals surface area contributed by atoms with Gasteiger partial charge in [0.2, 0.25) is 0 Å². The zero-order valence-corrected chi connectivity index (χ0v) is 11.9. The number of methoxy groups -OCH3 is 1. The maximum absolute atomic E-state index is 11.5. The van der Waals surface area contributed by atoms with Gasteiger partial charge in [-0.1, -0.05) is 17.7 Å². The number of H-pyrrole nitrogens is 1. The highest BCUT2D eigenvalue weighted by atomic mass is 35.5. The number of nitrogens with zero attached hydrogens (tertiary/aromatic N) is 3. The fraction of sp³-hybridized carbons (Fsp3) is 0.154. The van der Waals surface area contributed by atoms with E-state index in [-0.39, 0.29) is 5.69 Å². The molecule has 0 aliphatic rings. The van der Waals surface area contributed by atoms with Crippen LogP contribution in [-0.2, 0) is 6.54 Å². The second-order valence-electron chi connectivity index (χ2n) is 4.29. The van der Waals surface area contributed by atoms with Crippen LogP contribution in [0.1, 0.15) is 5.56 Å². The Kier molecular flexibility index (Phi) is 3.49. The Hall–Kier alpha value is -2.54. The first-order valence-electron chi connectivity index (χ1n) is 6.19. The third-order valence-electron chi connectivity index (χ3n) is 3.02. The predicted molar refractivity (Wildman–Crippen MR) is 78.9 cm³/mol. The van der Waals surface area contributed by atoms with Crippen LogP contribution >= 0.6 is 11.6 Å². The van der Waals surface area contributed by atoms with E-state index in [1.807, 2.05) is 12.1 Å². The summed E-state index contributed by atoms with van der Waals surface area (Å²) < 4.78 is 6.46. The number of ether oxygens (including phenoxy) is 1. The monoisotopic (exact) mass is 305 g/mol. The van der Waals surface area contributed by atoms with E-state index in [1.165, 1.54) is 4.52 Å². The number of aromatic nitrogens is 4. The summed E-state index contributed by atoms with van der Waals surface area (Å²) >= 11 is 6.17. The van der Waals surface area contributed by atoms with Gasteiger partial charge in [0.1, 0.15) is 11.6 Å². The van der Waals surface area contributed by atoms with Crippen molar-refractivity contribution in [1.29, 1.82) is 0 Å². The molecule has 3 rings (SSSR count). The first-order valence-corrected chi connectivity index (χ1v) is 6.56. The summed E-state index contributed by atoms with van der Waals surface area (Å²) in [4.78, 5) is 11.5. The van der Waals surface area contributed by atoms with Crippen LogP contribution in [0.15, 0.2) is 35.1 Å². The van der Waals surface area contributed by atoms with Gasteiger partial charge >= 0.3 is 5.69 Å². The van der Waals surface area contributed by atoms with Gasteiger partial charge in [-0.25, -0.2) is 9.89 Å². The van der Waals surface area contributed by atoms with E-state index in [0.717, 1.165) is 5.56 Å². The van der Waals surface area contributed by atoms with Gasteiger partial charge in [-0.15, -0.1) is 5.10 Å². The molecule has 1 aromatic carbocycles. The van der Waals surface area contributed by atoms with Gasteiger partial charge in [-0.05, 0) is 24.3 Å². The first-order chi connectivity index (χ1) is 10.2. The number of halogens is 1. The van der Waals surface area contributed by atoms with Crippen LogP contribution in [0.3, 0.4) is 0 Å². The highest BCUT2D eigenvalue weighted by molar-refractivity contribution is 6.31. The Morgan fingerprint density at radius 2 is 2.24 bits per heavy atom. The summed E-state index contributed by atoms with van der Waals surface area (Å²) in [5, 5.41) is 14.0. The molecule has 0 aliphatic carbocycles. The van der Waals surface area contributed by atoms with E-state index in [1.54, 1.807) is 25.3 Å². The number of nitrogens with one attached hydrogen (secondary N) is 2. The number of anilines is 1. The molecule has 108 valence electrons. The van der Waals surface area contributed by atoms with Gasteiger partial charge in [0, 0.05) is 17.1 Å². The lowest BCUT2D eigenvalue weighted by Gasteiger charge is -2.11. The maximum atomic E-state index is 11.5. The maximum Gasteiger partial charge on any atom is 0.364 e. The lowest BCUT2D eigenvalue weighted by molar-refractivity contribution is 0.410. The van der Waals surface area contributed by atoms with E-state index >= 15 is 0 Å². The topological polar surface area (TPSA) is 84.3 Å². The lowest BCUT2D eigenvalue weighted by Crippen LogP contribution is -2.14. The molecule has 0 unspecified atom stereocenters. The van der Waals surface area contributed by atoms with Crippen LogP contribution < -0.4 is 15.7 Å². The summed E-state index contributed by atoms with van der Waals surface area (Å²) in [7, 11) is 1.59. The third-order valence-corrected chi connectivity index (χ3v) is 3.37. The van der Waals surface area contributed by atoms with Crippen molar-refractivity contribution in [2.45, 2.75) is 6.54 Å². The van der Waals surface area contributed by atoms with E-state index < -0.39 is 0 Å². The molecule has 0 saturated carbocycles. The summed E-state index contributed by atoms with van der Waals surface area (Å²) in [6, 6.07) is 8.87. The van der Waals surface area contributed by atoms with Crippen molar-refractivity contribution >= 4 is 23.1 Å². The van der Waals surface area contributed by atoms with Crippen molar-refractivity contribution in [2.75, 3.05) is 12.4 Å². The standard InChI is InChI=1S/C13H12ClN5O2/c1-21-10-4-2-3-9(14)8(10)7-15-11-5-6-12-16-17-13(20)19(12)18-11/h2-6H,7H2,1H3,(H,15,18)(H,17,20). The van der Waals surface area contributed by atoms with Gasteiger partial charge in [-0.3, -0.25) is 0 Å². The molecule has 2 aromatic heterocycles. The Morgan fingerprint density at radius 1 is 1.38 bits per heavy atom. The third kappa shape index (κ3) is 2.55. The molecule has 7 nitrogen and oxygen atoms in total. The molecule has 0 atom stereocenters. The normalized spacial score (nSPS) is 10.8. The number of rotatable bonds is 4. The molecule has 0 fully saturated rings. The van der Waals surface area contributed by atoms with Crippen molar-refractivity contribution in [3.8, 4) is 5.75 Å². The molecule has 0 amide bonds. The Labute approximate surface area is 124 Å². The highest BCUT2D eigenvalue weighted by Gasteiger charge is 2.08. The highest BCUT2D eigenvalue weighted by Crippen LogP contribution is 2.26. The van der Waals surface area contributed by atoms with Crippen LogP contribution in [-0.4, -0.2) is 26.9 Å². The van der Waals surface area contributed by atoms with Crippen molar-refractivity contribution in [3.05, 3.63) is 51.4 Å². The number of hydrogen-bond donors (Lipinski definition) is 2. The minimum atomic E-state index is -0.385. The smallest absolute Gasteiger partial charge is 0.364 e. The number of fused-ring (bicyclic) bond motifs is 1. The summed E-state index contributed by atoms with van der Waals surface area (Å²) in [5.74, 6) is 1.23. The van der Waals surface area contributed by atoms with Crippen molar-refractivity contribution in [1.82, 2.24) is 19.8 Å². The van der Waals surface area contributed by atoms with Crippen molar-refractivity contribution in [3.63, 3.8) is 0 Å². The average Bonchev–Trinajstić information content (AvgIpc) is 2.87. The van der Waals surface area contributed by atoms with Gasteiger partial charge in [-0.2, -0.15) is 9.61 Å². The second-order valence-corrected chi connectivity index (χ2v) is 4.70. The molecule has 0 bridgehead atoms. The first kappa shape index (κ1) is 13.4. The summed E-state index contributed by atoms with van der Waals surface area (Å²) in [5.41, 5.74) is 0.896. The van der Waals surface area contributed by atoms with Crippen molar-refractivity contribution < 1.29 is 4.74 Å². The lowest BCUT2D eigenvalue weighted by atomic mass is 10.2. The summed E-state index contributed by atoms with van der Waals surface area (Å²) in [6.07, 6.45) is 0. The van der Waals surface area contributed by atoms with E-state index in [4.69, 9.17) is 16.3 Å². The molecule has 0 aliphatic heterocycles. The zero-order valence-electron chi connectivity index (χ0n) is 11.1. The second kappa shape index (κ2) is 5.45. The fourth-order valence-corrected chi connectivity index (χ4v) is 2.21. The Morgan fingerprint density at radius 3 is 3.05 bits per heavy atom. The average molecular weight is 306 g/mol. The van der Waals surface area contributed by atoms with Gasteiger partial charge in [0.05, 0.1) is 7.11 Å². The predicted octanol–water partition coefficient (Wildman–Crippen LogP) is 1.69. The molecule has 2 N–H and O–H groups in total. The molecule has 3 aromatic rings. The van der Waals surface area contributed by atoms with Crippen LogP contribution in [0.2, 0.25) is 5.02 Å². The van der Waals surface area contributed by atoms with Gasteiger partial charge < -0.3 is 10.1 Å². The van der Waals surface area contributed by atoms with E-state index in [9.17, 15) is 4.79 Å². The zero-order chi connectivity index (χ0) is 14.8. The minimum absolute atomic E-state index is 0.385. The molecular weight excluding hydrogens is 294 g/mol. The van der Waals surface area contributed by atoms with Crippen LogP contribution in [0, 0.1) is 0 Å². The molecule has 2 heterocycles. The quantitative estimate of drug-likeness (QED) is 0.766. The molecule has 0 saturated heterocycles. The summed E-state index contributed by atoms with van der Waals surface area (Å²) in [6.45, 7) is 0.425. The largest absolute Gasteiger partial charge is 0.496 e. The number of benzene rings is 1. The number of aromatic amines is 1. The SMILES string of the molecule is COc1cccc(Cl)c1CNc1ccc2n[nH]c(=O)n2n1. The van der Waals surface area contributed by atoms with Crippen LogP contribution in [0.25, 0.3) is 5.65 Å². The Balaban J connectivity index is 1.86. The van der Waals surface area contributed by atoms with Gasteiger partial charge in [0.15, 0.2) is 5.65 Å². The molecule has 8 heteroatoms. The van der Waals surface area contributed by atoms with Crippen LogP contribution in [0.4, 0.5) is 5.82 Å². The molecule has 0 radical (unpaired) electrons. The van der Waals surface area contributed by atoms with Crippen molar-refractivity contribution in [2.24, 2.45) is 0 Å². The fourth-order valence-electron chi connectivity index (χ4n) is 1.98. The molecule has 21 heavy (non-hydrogen) atoms.